The molecule has 0 unspecified atom stereocenters. The molecule has 1 aliphatic carbocycles. The van der Waals surface area contributed by atoms with Gasteiger partial charge in [-0.2, -0.15) is 5.26 Å². The van der Waals surface area contributed by atoms with Gasteiger partial charge in [0.15, 0.2) is 0 Å². The van der Waals surface area contributed by atoms with Crippen molar-refractivity contribution < 1.29 is 9.53 Å². The number of ether oxygens (including phenoxy) is 1. The van der Waals surface area contributed by atoms with Crippen LogP contribution >= 0.6 is 0 Å². The molecule has 0 amide bonds. The number of esters is 1. The fraction of sp³-hybridized carbons (Fsp3) is 0.619. The molecule has 0 heterocycles. The van der Waals surface area contributed by atoms with E-state index in [9.17, 15) is 10.1 Å². The van der Waals surface area contributed by atoms with Crippen LogP contribution in [0.2, 0.25) is 0 Å². The monoisotopic (exact) mass is 327 g/mol. The zero-order valence-electron chi connectivity index (χ0n) is 15.0. The summed E-state index contributed by atoms with van der Waals surface area (Å²) in [7, 11) is 0. The first-order valence-electron chi connectivity index (χ1n) is 9.34. The lowest BCUT2D eigenvalue weighted by molar-refractivity contribution is -0.140. The normalized spacial score (nSPS) is 23.5. The van der Waals surface area contributed by atoms with Gasteiger partial charge in [0.25, 0.3) is 0 Å². The van der Waals surface area contributed by atoms with E-state index in [2.05, 4.69) is 19.9 Å². The lowest BCUT2D eigenvalue weighted by Crippen LogP contribution is -2.31. The number of nitriles is 1. The van der Waals surface area contributed by atoms with Gasteiger partial charge in [-0.1, -0.05) is 45.2 Å². The number of aryl methyl sites for hydroxylation is 1. The van der Waals surface area contributed by atoms with Crippen molar-refractivity contribution in [1.29, 1.82) is 5.26 Å². The van der Waals surface area contributed by atoms with E-state index in [-0.39, 0.29) is 17.3 Å². The summed E-state index contributed by atoms with van der Waals surface area (Å²) in [5, 5.41) is 9.53. The maximum absolute atomic E-state index is 12.4. The second-order valence-corrected chi connectivity index (χ2v) is 7.09. The summed E-state index contributed by atoms with van der Waals surface area (Å²) in [5.74, 6) is 0.423. The highest BCUT2D eigenvalue weighted by Crippen LogP contribution is 2.42. The molecule has 1 aromatic rings. The van der Waals surface area contributed by atoms with Crippen LogP contribution in [0, 0.1) is 22.7 Å². The molecule has 0 aromatic heterocycles. The Labute approximate surface area is 146 Å². The fourth-order valence-corrected chi connectivity index (χ4v) is 3.55. The number of hydrogen-bond donors (Lipinski definition) is 0. The van der Waals surface area contributed by atoms with Gasteiger partial charge in [0.1, 0.15) is 5.75 Å². The van der Waals surface area contributed by atoms with E-state index in [0.717, 1.165) is 57.8 Å². The zero-order chi connectivity index (χ0) is 17.4. The molecule has 0 atom stereocenters. The molecule has 0 spiro atoms. The second-order valence-electron chi connectivity index (χ2n) is 7.09. The van der Waals surface area contributed by atoms with Gasteiger partial charge in [-0.15, -0.1) is 0 Å². The summed E-state index contributed by atoms with van der Waals surface area (Å²) in [4.78, 5) is 12.4. The highest BCUT2D eigenvalue weighted by molar-refractivity contribution is 5.75. The summed E-state index contributed by atoms with van der Waals surface area (Å²) < 4.78 is 5.55. The summed E-state index contributed by atoms with van der Waals surface area (Å²) in [6.45, 7) is 4.30. The van der Waals surface area contributed by atoms with Crippen LogP contribution in [0.25, 0.3) is 0 Å². The highest BCUT2D eigenvalue weighted by Gasteiger charge is 2.37. The molecule has 24 heavy (non-hydrogen) atoms. The quantitative estimate of drug-likeness (QED) is 0.495. The molecule has 0 radical (unpaired) electrons. The second kappa shape index (κ2) is 8.87. The van der Waals surface area contributed by atoms with E-state index in [1.165, 1.54) is 5.56 Å². The van der Waals surface area contributed by atoms with Crippen LogP contribution in [0.15, 0.2) is 24.3 Å². The van der Waals surface area contributed by atoms with Gasteiger partial charge >= 0.3 is 5.97 Å². The van der Waals surface area contributed by atoms with Gasteiger partial charge in [0.2, 0.25) is 0 Å². The third-order valence-electron chi connectivity index (χ3n) is 5.20. The molecular formula is C21H29NO2. The molecular weight excluding hydrogens is 298 g/mol. The van der Waals surface area contributed by atoms with E-state index < -0.39 is 0 Å². The first-order chi connectivity index (χ1) is 11.6. The Morgan fingerprint density at radius 1 is 1.21 bits per heavy atom. The molecule has 0 saturated heterocycles. The van der Waals surface area contributed by atoms with Crippen LogP contribution in [0.3, 0.4) is 0 Å². The summed E-state index contributed by atoms with van der Waals surface area (Å²) in [6.07, 6.45) is 8.49. The van der Waals surface area contributed by atoms with Crippen molar-refractivity contribution in [3.63, 3.8) is 0 Å². The van der Waals surface area contributed by atoms with E-state index in [0.29, 0.717) is 5.75 Å². The molecule has 3 heteroatoms. The first-order valence-corrected chi connectivity index (χ1v) is 9.34. The molecule has 2 rings (SSSR count). The summed E-state index contributed by atoms with van der Waals surface area (Å²) in [6, 6.07) is 10.3. The van der Waals surface area contributed by atoms with E-state index in [4.69, 9.17) is 4.74 Å². The molecule has 0 N–H and O–H groups in total. The molecule has 1 aromatic carbocycles. The molecule has 1 fully saturated rings. The zero-order valence-corrected chi connectivity index (χ0v) is 15.0. The van der Waals surface area contributed by atoms with E-state index >= 15 is 0 Å². The van der Waals surface area contributed by atoms with Gasteiger partial charge in [0, 0.05) is 0 Å². The van der Waals surface area contributed by atoms with Gasteiger partial charge in [-0.05, 0) is 56.2 Å². The molecule has 1 saturated carbocycles. The molecule has 130 valence electrons. The van der Waals surface area contributed by atoms with Gasteiger partial charge in [-0.3, -0.25) is 4.79 Å². The average Bonchev–Trinajstić information content (AvgIpc) is 2.62. The van der Waals surface area contributed by atoms with Crippen molar-refractivity contribution in [1.82, 2.24) is 0 Å². The predicted molar refractivity (Wildman–Crippen MR) is 95.6 cm³/mol. The van der Waals surface area contributed by atoms with Crippen molar-refractivity contribution in [2.75, 3.05) is 0 Å². The molecule has 0 aliphatic heterocycles. The van der Waals surface area contributed by atoms with Gasteiger partial charge in [0.05, 0.1) is 17.4 Å². The number of hydrogen-bond acceptors (Lipinski definition) is 3. The Hall–Kier alpha value is -1.82. The number of rotatable bonds is 7. The third kappa shape index (κ3) is 4.84. The van der Waals surface area contributed by atoms with Crippen molar-refractivity contribution in [2.45, 2.75) is 71.6 Å². The SMILES string of the molecule is CCCCC1(C#N)CCC(C(=O)Oc2ccc(CCC)cc2)CC1. The van der Waals surface area contributed by atoms with E-state index in [1.54, 1.807) is 0 Å². The Morgan fingerprint density at radius 2 is 1.88 bits per heavy atom. The average molecular weight is 327 g/mol. The lowest BCUT2D eigenvalue weighted by atomic mass is 9.69. The Kier molecular flexibility index (Phi) is 6.85. The highest BCUT2D eigenvalue weighted by atomic mass is 16.5. The Bertz CT molecular complexity index is 562. The van der Waals surface area contributed by atoms with Crippen LogP contribution in [-0.4, -0.2) is 5.97 Å². The lowest BCUT2D eigenvalue weighted by Gasteiger charge is -2.34. The first kappa shape index (κ1) is 18.5. The van der Waals surface area contributed by atoms with Crippen LogP contribution in [-0.2, 0) is 11.2 Å². The standard InChI is InChI=1S/C21H29NO2/c1-3-5-13-21(16-22)14-11-18(12-15-21)20(23)24-19-9-7-17(6-4-2)8-10-19/h7-10,18H,3-6,11-15H2,1-2H3. The summed E-state index contributed by atoms with van der Waals surface area (Å²) >= 11 is 0. The summed E-state index contributed by atoms with van der Waals surface area (Å²) in [5.41, 5.74) is 1.05. The fourth-order valence-electron chi connectivity index (χ4n) is 3.55. The van der Waals surface area contributed by atoms with Crippen LogP contribution in [0.1, 0.15) is 70.8 Å². The largest absolute Gasteiger partial charge is 0.426 e. The van der Waals surface area contributed by atoms with Gasteiger partial charge < -0.3 is 4.74 Å². The topological polar surface area (TPSA) is 50.1 Å². The maximum Gasteiger partial charge on any atom is 0.314 e. The van der Waals surface area contributed by atoms with Crippen LogP contribution in [0.4, 0.5) is 0 Å². The molecule has 3 nitrogen and oxygen atoms in total. The number of unbranched alkanes of at least 4 members (excludes halogenated alkanes) is 1. The number of carbonyl (C=O) groups is 1. The van der Waals surface area contributed by atoms with Crippen molar-refractivity contribution in [2.24, 2.45) is 11.3 Å². The minimum Gasteiger partial charge on any atom is -0.426 e. The van der Waals surface area contributed by atoms with Crippen molar-refractivity contribution >= 4 is 5.97 Å². The molecule has 0 bridgehead atoms. The third-order valence-corrected chi connectivity index (χ3v) is 5.20. The maximum atomic E-state index is 12.4. The van der Waals surface area contributed by atoms with Crippen LogP contribution in [0.5, 0.6) is 5.75 Å². The Morgan fingerprint density at radius 3 is 2.42 bits per heavy atom. The van der Waals surface area contributed by atoms with Crippen molar-refractivity contribution in [3.05, 3.63) is 29.8 Å². The Balaban J connectivity index is 1.87. The van der Waals surface area contributed by atoms with E-state index in [1.807, 2.05) is 24.3 Å². The van der Waals surface area contributed by atoms with Crippen LogP contribution < -0.4 is 4.74 Å². The minimum absolute atomic E-state index is 0.0663. The number of nitrogens with zero attached hydrogens (tertiary/aromatic N) is 1. The number of carbonyl (C=O) groups excluding carboxylic acids is 1. The van der Waals surface area contributed by atoms with Gasteiger partial charge in [-0.25, -0.2) is 0 Å². The smallest absolute Gasteiger partial charge is 0.314 e. The molecule has 1 aliphatic rings. The van der Waals surface area contributed by atoms with Crippen molar-refractivity contribution in [3.8, 4) is 11.8 Å². The number of benzene rings is 1. The predicted octanol–water partition coefficient (Wildman–Crippen LogP) is 5.43. The minimum atomic E-state index is -0.214.